The Hall–Kier alpha value is -3.67. The van der Waals surface area contributed by atoms with Crippen molar-refractivity contribution in [2.45, 2.75) is 13.3 Å². The predicted octanol–water partition coefficient (Wildman–Crippen LogP) is 3.66. The Morgan fingerprint density at radius 1 is 0.964 bits per heavy atom. The van der Waals surface area contributed by atoms with E-state index >= 15 is 0 Å². The minimum absolute atomic E-state index is 0.227. The van der Waals surface area contributed by atoms with Gasteiger partial charge in [0.15, 0.2) is 11.4 Å². The summed E-state index contributed by atoms with van der Waals surface area (Å²) in [6, 6.07) is 19.5. The van der Waals surface area contributed by atoms with E-state index in [0.717, 1.165) is 17.8 Å². The van der Waals surface area contributed by atoms with E-state index in [1.165, 1.54) is 12.7 Å². The molecule has 0 aliphatic heterocycles. The molecule has 0 spiro atoms. The second kappa shape index (κ2) is 7.52. The van der Waals surface area contributed by atoms with Gasteiger partial charge < -0.3 is 4.74 Å². The zero-order valence-corrected chi connectivity index (χ0v) is 15.7. The van der Waals surface area contributed by atoms with Gasteiger partial charge >= 0.3 is 0 Å². The smallest absolute Gasteiger partial charge is 0.251 e. The van der Waals surface area contributed by atoms with E-state index in [-0.39, 0.29) is 16.9 Å². The number of hydrogen-bond acceptors (Lipinski definition) is 4. The molecule has 6 nitrogen and oxygen atoms in total. The van der Waals surface area contributed by atoms with E-state index < -0.39 is 0 Å². The summed E-state index contributed by atoms with van der Waals surface area (Å²) < 4.78 is 8.70. The van der Waals surface area contributed by atoms with Crippen molar-refractivity contribution in [2.75, 3.05) is 7.11 Å². The summed E-state index contributed by atoms with van der Waals surface area (Å²) in [5, 5.41) is 8.97. The monoisotopic (exact) mass is 372 g/mol. The first-order valence-corrected chi connectivity index (χ1v) is 9.08. The molecule has 0 radical (unpaired) electrons. The first-order valence-electron chi connectivity index (χ1n) is 9.08. The Morgan fingerprint density at radius 2 is 1.71 bits per heavy atom. The van der Waals surface area contributed by atoms with Gasteiger partial charge in [-0.2, -0.15) is 10.2 Å². The Kier molecular flexibility index (Phi) is 4.76. The van der Waals surface area contributed by atoms with Crippen LogP contribution in [0.4, 0.5) is 0 Å². The topological polar surface area (TPSA) is 61.9 Å². The number of ether oxygens (including phenoxy) is 1. The van der Waals surface area contributed by atoms with Crippen LogP contribution >= 0.6 is 0 Å². The fourth-order valence-electron chi connectivity index (χ4n) is 3.06. The Morgan fingerprint density at radius 3 is 2.39 bits per heavy atom. The van der Waals surface area contributed by atoms with Gasteiger partial charge in [0.25, 0.3) is 5.43 Å². The van der Waals surface area contributed by atoms with Crippen LogP contribution in [0.25, 0.3) is 22.8 Å². The molecule has 0 amide bonds. The van der Waals surface area contributed by atoms with Crippen LogP contribution in [0.5, 0.6) is 5.75 Å². The minimum atomic E-state index is -0.276. The van der Waals surface area contributed by atoms with Crippen molar-refractivity contribution in [3.63, 3.8) is 0 Å². The molecule has 0 saturated heterocycles. The third-order valence-electron chi connectivity index (χ3n) is 4.60. The SMILES string of the molecule is CCc1ccc(-n2cc(OC)c(=O)c(-c3ccnn3-c3ccccc3)n2)cc1. The highest BCUT2D eigenvalue weighted by atomic mass is 16.5. The highest BCUT2D eigenvalue weighted by Gasteiger charge is 2.17. The molecule has 0 atom stereocenters. The lowest BCUT2D eigenvalue weighted by Crippen LogP contribution is -2.17. The lowest BCUT2D eigenvalue weighted by atomic mass is 10.1. The standard InChI is InChI=1S/C22H20N4O2/c1-3-16-9-11-17(12-10-16)25-15-20(28-2)22(27)21(24-25)19-13-14-23-26(19)18-7-5-4-6-8-18/h4-15H,3H2,1-2H3. The van der Waals surface area contributed by atoms with Crippen LogP contribution in [0.3, 0.4) is 0 Å². The molecular weight excluding hydrogens is 352 g/mol. The van der Waals surface area contributed by atoms with Gasteiger partial charge in [-0.05, 0) is 42.3 Å². The normalized spacial score (nSPS) is 10.8. The van der Waals surface area contributed by atoms with Gasteiger partial charge in [-0.1, -0.05) is 37.3 Å². The summed E-state index contributed by atoms with van der Waals surface area (Å²) in [6.45, 7) is 2.11. The summed E-state index contributed by atoms with van der Waals surface area (Å²) in [4.78, 5) is 12.9. The Balaban J connectivity index is 1.88. The van der Waals surface area contributed by atoms with Crippen molar-refractivity contribution in [2.24, 2.45) is 0 Å². The third kappa shape index (κ3) is 3.20. The number of nitrogens with zero attached hydrogens (tertiary/aromatic N) is 4. The van der Waals surface area contributed by atoms with Crippen molar-refractivity contribution >= 4 is 0 Å². The van der Waals surface area contributed by atoms with E-state index in [0.29, 0.717) is 5.69 Å². The maximum absolute atomic E-state index is 12.9. The van der Waals surface area contributed by atoms with Gasteiger partial charge in [0, 0.05) is 0 Å². The molecule has 4 rings (SSSR count). The fraction of sp³-hybridized carbons (Fsp3) is 0.136. The maximum Gasteiger partial charge on any atom is 0.251 e. The molecule has 0 unspecified atom stereocenters. The van der Waals surface area contributed by atoms with E-state index in [1.807, 2.05) is 42.5 Å². The lowest BCUT2D eigenvalue weighted by Gasteiger charge is -2.12. The summed E-state index contributed by atoms with van der Waals surface area (Å²) in [5.41, 5.74) is 3.54. The number of hydrogen-bond donors (Lipinski definition) is 0. The van der Waals surface area contributed by atoms with E-state index in [9.17, 15) is 4.79 Å². The van der Waals surface area contributed by atoms with Gasteiger partial charge in [-0.25, -0.2) is 9.36 Å². The fourth-order valence-corrected chi connectivity index (χ4v) is 3.06. The second-order valence-corrected chi connectivity index (χ2v) is 6.30. The largest absolute Gasteiger partial charge is 0.491 e. The number of rotatable bonds is 5. The average Bonchev–Trinajstić information content (AvgIpc) is 3.24. The summed E-state index contributed by atoms with van der Waals surface area (Å²) in [7, 11) is 1.49. The molecule has 0 N–H and O–H groups in total. The van der Waals surface area contributed by atoms with E-state index in [4.69, 9.17) is 4.74 Å². The molecule has 2 aromatic heterocycles. The van der Waals surface area contributed by atoms with Crippen LogP contribution in [0.2, 0.25) is 0 Å². The Bertz CT molecular complexity index is 1150. The summed E-state index contributed by atoms with van der Waals surface area (Å²) in [5.74, 6) is 0.227. The molecule has 4 aromatic rings. The van der Waals surface area contributed by atoms with Crippen LogP contribution in [-0.2, 0) is 6.42 Å². The van der Waals surface area contributed by atoms with Crippen LogP contribution < -0.4 is 10.2 Å². The van der Waals surface area contributed by atoms with Crippen molar-refractivity contribution in [1.29, 1.82) is 0 Å². The zero-order valence-electron chi connectivity index (χ0n) is 15.7. The third-order valence-corrected chi connectivity index (χ3v) is 4.60. The van der Waals surface area contributed by atoms with Gasteiger partial charge in [-0.3, -0.25) is 4.79 Å². The molecule has 2 aromatic carbocycles. The quantitative estimate of drug-likeness (QED) is 0.536. The van der Waals surface area contributed by atoms with Crippen molar-refractivity contribution in [1.82, 2.24) is 19.6 Å². The van der Waals surface area contributed by atoms with Crippen molar-refractivity contribution < 1.29 is 4.74 Å². The first kappa shape index (κ1) is 17.7. The molecule has 6 heteroatoms. The van der Waals surface area contributed by atoms with Gasteiger partial charge in [0.1, 0.15) is 0 Å². The van der Waals surface area contributed by atoms with Gasteiger partial charge in [0.05, 0.1) is 36.6 Å². The number of methoxy groups -OCH3 is 1. The average molecular weight is 372 g/mol. The van der Waals surface area contributed by atoms with E-state index in [1.54, 1.807) is 27.8 Å². The Labute approximate surface area is 162 Å². The molecule has 0 saturated carbocycles. The van der Waals surface area contributed by atoms with Crippen LogP contribution in [0.1, 0.15) is 12.5 Å². The molecule has 0 fully saturated rings. The second-order valence-electron chi connectivity index (χ2n) is 6.30. The zero-order chi connectivity index (χ0) is 19.5. The molecule has 2 heterocycles. The summed E-state index contributed by atoms with van der Waals surface area (Å²) in [6.07, 6.45) is 4.22. The first-order chi connectivity index (χ1) is 13.7. The van der Waals surface area contributed by atoms with Crippen LogP contribution in [-0.4, -0.2) is 26.7 Å². The highest BCUT2D eigenvalue weighted by Crippen LogP contribution is 2.21. The number of aromatic nitrogens is 4. The highest BCUT2D eigenvalue weighted by molar-refractivity contribution is 5.59. The molecule has 0 aliphatic carbocycles. The van der Waals surface area contributed by atoms with Crippen molar-refractivity contribution in [3.8, 4) is 28.5 Å². The predicted molar refractivity (Wildman–Crippen MR) is 108 cm³/mol. The molecule has 140 valence electrons. The van der Waals surface area contributed by atoms with Gasteiger partial charge in [-0.15, -0.1) is 0 Å². The molecule has 28 heavy (non-hydrogen) atoms. The number of para-hydroxylation sites is 1. The number of benzene rings is 2. The van der Waals surface area contributed by atoms with Crippen molar-refractivity contribution in [3.05, 3.63) is 88.8 Å². The summed E-state index contributed by atoms with van der Waals surface area (Å²) >= 11 is 0. The maximum atomic E-state index is 12.9. The molecule has 0 aliphatic rings. The van der Waals surface area contributed by atoms with E-state index in [2.05, 4.69) is 29.3 Å². The minimum Gasteiger partial charge on any atom is -0.491 e. The van der Waals surface area contributed by atoms with Crippen LogP contribution in [0.15, 0.2) is 77.9 Å². The lowest BCUT2D eigenvalue weighted by molar-refractivity contribution is 0.405. The molecular formula is C22H20N4O2. The molecule has 0 bridgehead atoms. The van der Waals surface area contributed by atoms with Crippen LogP contribution in [0, 0.1) is 0 Å². The van der Waals surface area contributed by atoms with Gasteiger partial charge in [0.2, 0.25) is 0 Å². The number of aryl methyl sites for hydroxylation is 1.